The lowest BCUT2D eigenvalue weighted by Crippen LogP contribution is -2.55. The third-order valence-corrected chi connectivity index (χ3v) is 11.0. The molecular formula is C40H48Cl2F2N8O3. The van der Waals surface area contributed by atoms with Crippen molar-refractivity contribution in [1.29, 1.82) is 0 Å². The minimum absolute atomic E-state index is 0.120. The zero-order valence-corrected chi connectivity index (χ0v) is 32.2. The number of nitrogens with zero attached hydrogens (tertiary/aromatic N) is 3. The fraction of sp³-hybridized carbons (Fsp3) is 0.425. The number of para-hydroxylation sites is 1. The fourth-order valence-electron chi connectivity index (χ4n) is 7.42. The van der Waals surface area contributed by atoms with Crippen molar-refractivity contribution in [2.75, 3.05) is 51.1 Å². The van der Waals surface area contributed by atoms with Crippen molar-refractivity contribution in [1.82, 2.24) is 30.3 Å². The fourth-order valence-corrected chi connectivity index (χ4v) is 7.94. The van der Waals surface area contributed by atoms with Gasteiger partial charge >= 0.3 is 6.03 Å². The molecule has 0 unspecified atom stereocenters. The zero-order chi connectivity index (χ0) is 38.9. The SMILES string of the molecule is NCC[C@H](NC(=O)[C@H](Cc1ccc(F)c(F)c1)NC(=O)Nc1cccc2c(CN3CCCC3)cn(Cc3c(Cl)cccc3Cl)c12)C(=O)NCCN1CCCC1. The summed E-state index contributed by atoms with van der Waals surface area (Å²) in [6.07, 6.45) is 6.54. The van der Waals surface area contributed by atoms with Gasteiger partial charge in [0.05, 0.1) is 17.7 Å². The molecule has 1 aromatic heterocycles. The first-order chi connectivity index (χ1) is 26.6. The van der Waals surface area contributed by atoms with Crippen LogP contribution >= 0.6 is 23.2 Å². The molecule has 4 amide bonds. The highest BCUT2D eigenvalue weighted by molar-refractivity contribution is 6.36. The maximum absolute atomic E-state index is 14.3. The van der Waals surface area contributed by atoms with E-state index in [-0.39, 0.29) is 24.9 Å². The number of nitrogens with one attached hydrogen (secondary N) is 4. The smallest absolute Gasteiger partial charge is 0.319 e. The molecule has 6 N–H and O–H groups in total. The number of fused-ring (bicyclic) bond motifs is 1. The average molecular weight is 798 g/mol. The van der Waals surface area contributed by atoms with E-state index in [0.717, 1.165) is 92.6 Å². The van der Waals surface area contributed by atoms with E-state index in [4.69, 9.17) is 28.9 Å². The summed E-state index contributed by atoms with van der Waals surface area (Å²) < 4.78 is 30.1. The first-order valence-electron chi connectivity index (χ1n) is 18.9. The maximum atomic E-state index is 14.3. The Bertz CT molecular complexity index is 1960. The lowest BCUT2D eigenvalue weighted by atomic mass is 10.0. The Kier molecular flexibility index (Phi) is 14.0. The Balaban J connectivity index is 1.24. The van der Waals surface area contributed by atoms with Crippen molar-refractivity contribution >= 4 is 57.6 Å². The van der Waals surface area contributed by atoms with Gasteiger partial charge in [-0.2, -0.15) is 0 Å². The molecule has 3 aromatic carbocycles. The van der Waals surface area contributed by atoms with Gasteiger partial charge in [0.25, 0.3) is 0 Å². The molecule has 2 fully saturated rings. The standard InChI is InChI=1S/C40H48Cl2F2N8O3/c41-30-8-6-9-31(42)29(30)25-52-24-27(23-51-18-3-4-19-51)28-7-5-10-34(37(28)52)48-40(55)49-36(22-26-11-12-32(43)33(44)21-26)39(54)47-35(13-14-45)38(53)46-15-20-50-16-1-2-17-50/h5-12,21,24,35-36H,1-4,13-20,22-23,25,45H2,(H,46,53)(H,47,54)(H2,48,49,55)/t35-,36-/m0/s1. The maximum Gasteiger partial charge on any atom is 0.319 e. The number of amides is 4. The third kappa shape index (κ3) is 10.5. The summed E-state index contributed by atoms with van der Waals surface area (Å²) in [6, 6.07) is 11.3. The summed E-state index contributed by atoms with van der Waals surface area (Å²) in [5, 5.41) is 13.2. The molecule has 2 aliphatic rings. The predicted octanol–water partition coefficient (Wildman–Crippen LogP) is 5.65. The first kappa shape index (κ1) is 40.4. The molecule has 3 heterocycles. The van der Waals surface area contributed by atoms with Gasteiger partial charge in [-0.3, -0.25) is 14.5 Å². The molecule has 0 bridgehead atoms. The van der Waals surface area contributed by atoms with Gasteiger partial charge in [0.2, 0.25) is 11.8 Å². The van der Waals surface area contributed by atoms with Crippen LogP contribution < -0.4 is 27.0 Å². The second-order valence-corrected chi connectivity index (χ2v) is 15.1. The van der Waals surface area contributed by atoms with Crippen molar-refractivity contribution in [3.05, 3.63) is 99.2 Å². The molecule has 4 aromatic rings. The van der Waals surface area contributed by atoms with Crippen molar-refractivity contribution in [3.63, 3.8) is 0 Å². The highest BCUT2D eigenvalue weighted by Gasteiger charge is 2.28. The number of nitrogens with two attached hydrogens (primary N) is 1. The molecule has 0 saturated carbocycles. The van der Waals surface area contributed by atoms with Crippen molar-refractivity contribution < 1.29 is 23.2 Å². The van der Waals surface area contributed by atoms with E-state index >= 15 is 0 Å². The summed E-state index contributed by atoms with van der Waals surface area (Å²) in [4.78, 5) is 45.6. The molecule has 0 radical (unpaired) electrons. The van der Waals surface area contributed by atoms with E-state index in [2.05, 4.69) is 37.3 Å². The second kappa shape index (κ2) is 19.1. The Hall–Kier alpha value is -4.27. The molecule has 2 atom stereocenters. The van der Waals surface area contributed by atoms with Crippen LogP contribution in [-0.2, 0) is 29.1 Å². The molecular weight excluding hydrogens is 749 g/mol. The van der Waals surface area contributed by atoms with Crippen LogP contribution in [0, 0.1) is 11.6 Å². The minimum Gasteiger partial charge on any atom is -0.353 e. The summed E-state index contributed by atoms with van der Waals surface area (Å²) >= 11 is 13.2. The van der Waals surface area contributed by atoms with Gasteiger partial charge in [-0.1, -0.05) is 47.5 Å². The number of benzene rings is 3. The monoisotopic (exact) mass is 796 g/mol. The van der Waals surface area contributed by atoms with Gasteiger partial charge in [0.1, 0.15) is 12.1 Å². The lowest BCUT2D eigenvalue weighted by molar-refractivity contribution is -0.130. The first-order valence-corrected chi connectivity index (χ1v) is 19.6. The van der Waals surface area contributed by atoms with Crippen LogP contribution in [-0.4, -0.2) is 90.1 Å². The molecule has 294 valence electrons. The largest absolute Gasteiger partial charge is 0.353 e. The highest BCUT2D eigenvalue weighted by atomic mass is 35.5. The number of carbonyl (C=O) groups excluding carboxylic acids is 3. The van der Waals surface area contributed by atoms with Crippen LogP contribution in [0.4, 0.5) is 19.3 Å². The number of aromatic nitrogens is 1. The number of urea groups is 1. The van der Waals surface area contributed by atoms with E-state index in [0.29, 0.717) is 35.4 Å². The van der Waals surface area contributed by atoms with Gasteiger partial charge in [-0.15, -0.1) is 0 Å². The molecule has 55 heavy (non-hydrogen) atoms. The number of hydrogen-bond acceptors (Lipinski definition) is 6. The predicted molar refractivity (Wildman–Crippen MR) is 212 cm³/mol. The number of anilines is 1. The van der Waals surface area contributed by atoms with Crippen LogP contribution in [0.1, 0.15) is 48.8 Å². The van der Waals surface area contributed by atoms with E-state index in [9.17, 15) is 23.2 Å². The van der Waals surface area contributed by atoms with E-state index in [1.807, 2.05) is 16.7 Å². The highest BCUT2D eigenvalue weighted by Crippen LogP contribution is 2.33. The topological polar surface area (TPSA) is 137 Å². The lowest BCUT2D eigenvalue weighted by Gasteiger charge is -2.24. The van der Waals surface area contributed by atoms with Gasteiger partial charge in [-0.05, 0) is 106 Å². The molecule has 2 aliphatic heterocycles. The van der Waals surface area contributed by atoms with Crippen LogP contribution in [0.3, 0.4) is 0 Å². The quantitative estimate of drug-likeness (QED) is 0.0996. The Morgan fingerprint density at radius 1 is 0.800 bits per heavy atom. The van der Waals surface area contributed by atoms with Gasteiger partial charge in [0, 0.05) is 53.2 Å². The molecule has 0 aliphatic carbocycles. The summed E-state index contributed by atoms with van der Waals surface area (Å²) in [7, 11) is 0. The average Bonchev–Trinajstić information content (AvgIpc) is 3.94. The molecule has 2 saturated heterocycles. The van der Waals surface area contributed by atoms with Crippen molar-refractivity contribution in [2.45, 2.75) is 63.7 Å². The molecule has 6 rings (SSSR count). The second-order valence-electron chi connectivity index (χ2n) is 14.2. The Labute approximate surface area is 329 Å². The molecule has 0 spiro atoms. The molecule has 15 heteroatoms. The Morgan fingerprint density at radius 2 is 1.49 bits per heavy atom. The molecule has 11 nitrogen and oxygen atoms in total. The summed E-state index contributed by atoms with van der Waals surface area (Å²) in [5.74, 6) is -3.21. The Morgan fingerprint density at radius 3 is 2.18 bits per heavy atom. The number of halogens is 4. The zero-order valence-electron chi connectivity index (χ0n) is 30.7. The van der Waals surface area contributed by atoms with E-state index in [1.54, 1.807) is 24.3 Å². The number of likely N-dealkylation sites (tertiary alicyclic amines) is 2. The van der Waals surface area contributed by atoms with Crippen molar-refractivity contribution in [3.8, 4) is 0 Å². The third-order valence-electron chi connectivity index (χ3n) is 10.3. The number of carbonyl (C=O) groups is 3. The van der Waals surface area contributed by atoms with Crippen molar-refractivity contribution in [2.24, 2.45) is 5.73 Å². The number of hydrogen-bond donors (Lipinski definition) is 5. The van der Waals surface area contributed by atoms with Gasteiger partial charge in [-0.25, -0.2) is 13.6 Å². The normalized spacial score (nSPS) is 15.9. The minimum atomic E-state index is -1.28. The van der Waals surface area contributed by atoms with Crippen LogP contribution in [0.25, 0.3) is 10.9 Å². The number of rotatable bonds is 16. The summed E-state index contributed by atoms with van der Waals surface area (Å²) in [5.41, 5.74) is 9.09. The van der Waals surface area contributed by atoms with E-state index < -0.39 is 41.6 Å². The summed E-state index contributed by atoms with van der Waals surface area (Å²) in [6.45, 7) is 6.23. The van der Waals surface area contributed by atoms with Crippen LogP contribution in [0.2, 0.25) is 10.0 Å². The van der Waals surface area contributed by atoms with E-state index in [1.165, 1.54) is 6.07 Å². The van der Waals surface area contributed by atoms with Crippen LogP contribution in [0.15, 0.2) is 60.8 Å². The van der Waals surface area contributed by atoms with Crippen LogP contribution in [0.5, 0.6) is 0 Å². The van der Waals surface area contributed by atoms with Gasteiger partial charge in [0.15, 0.2) is 11.6 Å². The van der Waals surface area contributed by atoms with Gasteiger partial charge < -0.3 is 36.5 Å².